The lowest BCUT2D eigenvalue weighted by atomic mass is 10.1. The molecule has 1 aromatic carbocycles. The van der Waals surface area contributed by atoms with Crippen molar-refractivity contribution in [3.8, 4) is 0 Å². The molecular weight excluding hydrogens is 510 g/mol. The molecule has 0 saturated carbocycles. The van der Waals surface area contributed by atoms with E-state index in [2.05, 4.69) is 86.1 Å². The van der Waals surface area contributed by atoms with E-state index in [1.807, 2.05) is 13.2 Å². The maximum atomic E-state index is 13.0. The van der Waals surface area contributed by atoms with Gasteiger partial charge in [-0.3, -0.25) is 4.79 Å². The van der Waals surface area contributed by atoms with E-state index in [0.29, 0.717) is 6.42 Å². The highest BCUT2D eigenvalue weighted by atomic mass is 79.9. The van der Waals surface area contributed by atoms with Crippen LogP contribution in [0, 0.1) is 6.92 Å². The summed E-state index contributed by atoms with van der Waals surface area (Å²) in [5, 5.41) is 3.95. The third kappa shape index (κ3) is 8.77. The Morgan fingerprint density at radius 2 is 1.65 bits per heavy atom. The number of hydrogen-bond acceptors (Lipinski definition) is 6. The first-order valence-electron chi connectivity index (χ1n) is 12.4. The summed E-state index contributed by atoms with van der Waals surface area (Å²) >= 11 is 5.07. The van der Waals surface area contributed by atoms with Crippen LogP contribution < -0.4 is 15.1 Å². The molecule has 1 amide bonds. The predicted octanol–water partition coefficient (Wildman–Crippen LogP) is 6.92. The third-order valence-corrected chi connectivity index (χ3v) is 7.01. The number of nitrogens with zero attached hydrogens (tertiary/aromatic N) is 4. The van der Waals surface area contributed by atoms with Crippen molar-refractivity contribution in [1.82, 2.24) is 9.97 Å². The van der Waals surface area contributed by atoms with Crippen LogP contribution in [0.5, 0.6) is 0 Å². The Kier molecular flexibility index (Phi) is 12.8. The highest BCUT2D eigenvalue weighted by Gasteiger charge is 2.19. The number of unbranched alkanes of at least 4 members (excludes halogenated alkanes) is 3. The zero-order valence-electron chi connectivity index (χ0n) is 21.4. The molecule has 0 aliphatic heterocycles. The number of carbonyl (C=O) groups is 1. The lowest BCUT2D eigenvalue weighted by Crippen LogP contribution is -2.28. The fraction of sp³-hybridized carbons (Fsp3) is 0.577. The van der Waals surface area contributed by atoms with Crippen molar-refractivity contribution in [2.45, 2.75) is 71.2 Å². The SMILES string of the molecule is CCCCCCN(CCCC(=O)Nc1c(SC)nc(C)nc1N(CC)CC)c1ccc(Br)cc1. The molecule has 0 spiro atoms. The number of aromatic nitrogens is 2. The molecule has 0 aliphatic rings. The van der Waals surface area contributed by atoms with Crippen molar-refractivity contribution in [2.24, 2.45) is 0 Å². The first-order chi connectivity index (χ1) is 16.4. The Balaban J connectivity index is 2.05. The summed E-state index contributed by atoms with van der Waals surface area (Å²) in [6.45, 7) is 11.8. The first-order valence-corrected chi connectivity index (χ1v) is 14.4. The van der Waals surface area contributed by atoms with Gasteiger partial charge in [0.15, 0.2) is 5.82 Å². The lowest BCUT2D eigenvalue weighted by Gasteiger charge is -2.26. The first kappa shape index (κ1) is 28.4. The maximum Gasteiger partial charge on any atom is 0.224 e. The quantitative estimate of drug-likeness (QED) is 0.148. The van der Waals surface area contributed by atoms with E-state index in [1.165, 1.54) is 43.1 Å². The minimum Gasteiger partial charge on any atom is -0.372 e. The number of anilines is 3. The van der Waals surface area contributed by atoms with Gasteiger partial charge >= 0.3 is 0 Å². The average Bonchev–Trinajstić information content (AvgIpc) is 2.83. The van der Waals surface area contributed by atoms with Gasteiger partial charge in [-0.1, -0.05) is 42.1 Å². The van der Waals surface area contributed by atoms with Gasteiger partial charge in [0.1, 0.15) is 16.5 Å². The van der Waals surface area contributed by atoms with Crippen LogP contribution in [0.25, 0.3) is 0 Å². The monoisotopic (exact) mass is 549 g/mol. The van der Waals surface area contributed by atoms with Crippen molar-refractivity contribution in [2.75, 3.05) is 47.6 Å². The number of carbonyl (C=O) groups excluding carboxylic acids is 1. The molecule has 2 aromatic rings. The van der Waals surface area contributed by atoms with Crippen LogP contribution in [0.4, 0.5) is 17.2 Å². The smallest absolute Gasteiger partial charge is 0.224 e. The van der Waals surface area contributed by atoms with Gasteiger partial charge in [-0.25, -0.2) is 9.97 Å². The highest BCUT2D eigenvalue weighted by molar-refractivity contribution is 9.10. The molecule has 6 nitrogen and oxygen atoms in total. The average molecular weight is 551 g/mol. The van der Waals surface area contributed by atoms with Crippen LogP contribution in [0.2, 0.25) is 0 Å². The summed E-state index contributed by atoms with van der Waals surface area (Å²) in [6, 6.07) is 8.46. The van der Waals surface area contributed by atoms with Gasteiger partial charge in [0, 0.05) is 42.8 Å². The Bertz CT molecular complexity index is 890. The molecule has 0 unspecified atom stereocenters. The van der Waals surface area contributed by atoms with Gasteiger partial charge in [-0.2, -0.15) is 0 Å². The predicted molar refractivity (Wildman–Crippen MR) is 150 cm³/mol. The summed E-state index contributed by atoms with van der Waals surface area (Å²) in [5.74, 6) is 1.54. The number of amides is 1. The number of halogens is 1. The fourth-order valence-electron chi connectivity index (χ4n) is 3.93. The Morgan fingerprint density at radius 3 is 2.26 bits per heavy atom. The molecule has 2 rings (SSSR count). The number of nitrogens with one attached hydrogen (secondary N) is 1. The molecule has 1 N–H and O–H groups in total. The maximum absolute atomic E-state index is 13.0. The Labute approximate surface area is 218 Å². The summed E-state index contributed by atoms with van der Waals surface area (Å²) in [7, 11) is 0. The zero-order valence-corrected chi connectivity index (χ0v) is 23.8. The van der Waals surface area contributed by atoms with Crippen molar-refractivity contribution in [3.05, 3.63) is 34.6 Å². The molecule has 0 radical (unpaired) electrons. The van der Waals surface area contributed by atoms with Crippen molar-refractivity contribution in [3.63, 3.8) is 0 Å². The number of hydrogen-bond donors (Lipinski definition) is 1. The molecule has 34 heavy (non-hydrogen) atoms. The van der Waals surface area contributed by atoms with E-state index in [1.54, 1.807) is 0 Å². The van der Waals surface area contributed by atoms with Gasteiger partial charge in [0.05, 0.1) is 0 Å². The molecule has 8 heteroatoms. The second-order valence-electron chi connectivity index (χ2n) is 8.33. The molecule has 0 aliphatic carbocycles. The number of thioether (sulfide) groups is 1. The molecule has 0 atom stereocenters. The second-order valence-corrected chi connectivity index (χ2v) is 10.0. The van der Waals surface area contributed by atoms with Crippen molar-refractivity contribution < 1.29 is 4.79 Å². The lowest BCUT2D eigenvalue weighted by molar-refractivity contribution is -0.116. The van der Waals surface area contributed by atoms with Gasteiger partial charge in [0.2, 0.25) is 5.91 Å². The Morgan fingerprint density at radius 1 is 0.971 bits per heavy atom. The minimum absolute atomic E-state index is 0.0119. The van der Waals surface area contributed by atoms with E-state index >= 15 is 0 Å². The summed E-state index contributed by atoms with van der Waals surface area (Å²) < 4.78 is 1.08. The van der Waals surface area contributed by atoms with E-state index < -0.39 is 0 Å². The topological polar surface area (TPSA) is 61.4 Å². The molecule has 0 fully saturated rings. The number of benzene rings is 1. The van der Waals surface area contributed by atoms with Crippen molar-refractivity contribution >= 4 is 50.8 Å². The van der Waals surface area contributed by atoms with Crippen LogP contribution >= 0.6 is 27.7 Å². The van der Waals surface area contributed by atoms with Crippen LogP contribution in [-0.4, -0.2) is 48.3 Å². The normalized spacial score (nSPS) is 10.9. The van der Waals surface area contributed by atoms with Gasteiger partial charge < -0.3 is 15.1 Å². The molecule has 1 aromatic heterocycles. The molecular formula is C26H40BrN5OS. The van der Waals surface area contributed by atoms with Crippen LogP contribution in [0.3, 0.4) is 0 Å². The largest absolute Gasteiger partial charge is 0.372 e. The fourth-order valence-corrected chi connectivity index (χ4v) is 4.76. The van der Waals surface area contributed by atoms with E-state index in [4.69, 9.17) is 0 Å². The van der Waals surface area contributed by atoms with E-state index in [9.17, 15) is 4.79 Å². The molecule has 188 valence electrons. The minimum atomic E-state index is 0.0119. The van der Waals surface area contributed by atoms with Crippen LogP contribution in [0.15, 0.2) is 33.8 Å². The van der Waals surface area contributed by atoms with Crippen molar-refractivity contribution in [1.29, 1.82) is 0 Å². The van der Waals surface area contributed by atoms with E-state index in [0.717, 1.165) is 59.4 Å². The third-order valence-electron chi connectivity index (χ3n) is 5.79. The molecule has 0 saturated heterocycles. The van der Waals surface area contributed by atoms with Gasteiger partial charge in [-0.15, -0.1) is 11.8 Å². The molecule has 0 bridgehead atoms. The molecule has 1 heterocycles. The Hall–Kier alpha value is -1.80. The van der Waals surface area contributed by atoms with Gasteiger partial charge in [-0.05, 0) is 64.1 Å². The summed E-state index contributed by atoms with van der Waals surface area (Å²) in [5.41, 5.74) is 1.94. The van der Waals surface area contributed by atoms with Crippen LogP contribution in [-0.2, 0) is 4.79 Å². The summed E-state index contributed by atoms with van der Waals surface area (Å²) in [6.07, 6.45) is 8.14. The van der Waals surface area contributed by atoms with E-state index in [-0.39, 0.29) is 5.91 Å². The van der Waals surface area contributed by atoms with Gasteiger partial charge in [0.25, 0.3) is 0 Å². The zero-order chi connectivity index (χ0) is 24.9. The van der Waals surface area contributed by atoms with Crippen LogP contribution in [0.1, 0.15) is 65.1 Å². The standard InChI is InChI=1S/C26H40BrN5OS/c1-6-9-10-11-18-32(22-16-14-21(27)15-17-22)19-12-13-23(33)30-24-25(31(7-2)8-3)28-20(4)29-26(24)34-5/h14-17H,6-13,18-19H2,1-5H3,(H,30,33). The highest BCUT2D eigenvalue weighted by Crippen LogP contribution is 2.32. The number of aryl methyl sites for hydroxylation is 1. The number of rotatable bonds is 15. The summed E-state index contributed by atoms with van der Waals surface area (Å²) in [4.78, 5) is 26.7. The second kappa shape index (κ2) is 15.2.